The van der Waals surface area contributed by atoms with Gasteiger partial charge in [-0.3, -0.25) is 4.79 Å². The molecule has 0 radical (unpaired) electrons. The third-order valence-corrected chi connectivity index (χ3v) is 2.22. The summed E-state index contributed by atoms with van der Waals surface area (Å²) in [6, 6.07) is 1.99. The second-order valence-electron chi connectivity index (χ2n) is 3.09. The predicted molar refractivity (Wildman–Crippen MR) is 49.1 cm³/mol. The fourth-order valence-corrected chi connectivity index (χ4v) is 1.51. The molecule has 2 rings (SSSR count). The van der Waals surface area contributed by atoms with Crippen molar-refractivity contribution >= 4 is 12.2 Å². The highest BCUT2D eigenvalue weighted by Gasteiger charge is 1.97. The van der Waals surface area contributed by atoms with Crippen LogP contribution in [0.25, 0.3) is 12.2 Å². The minimum Gasteiger partial charge on any atom is -0.318 e. The van der Waals surface area contributed by atoms with Gasteiger partial charge in [-0.2, -0.15) is 0 Å². The quantitative estimate of drug-likeness (QED) is 0.514. The molecule has 0 amide bonds. The van der Waals surface area contributed by atoms with Gasteiger partial charge < -0.3 is 4.57 Å². The van der Waals surface area contributed by atoms with Gasteiger partial charge in [0, 0.05) is 18.5 Å². The molecule has 0 atom stereocenters. The minimum absolute atomic E-state index is 0.114. The lowest BCUT2D eigenvalue weighted by molar-refractivity contribution is 0.842. The molecule has 0 unspecified atom stereocenters. The molecule has 62 valence electrons. The van der Waals surface area contributed by atoms with Crippen molar-refractivity contribution in [1.29, 1.82) is 0 Å². The number of fused-ring (bicyclic) bond motifs is 1. The van der Waals surface area contributed by atoms with Crippen LogP contribution in [-0.2, 0) is 7.05 Å². The molecule has 0 fully saturated rings. The molecule has 1 aliphatic rings. The standard InChI is InChI=1S/C10H11NO/c1-11-7-6-8-4-2-3-5-9(8)10(11)12/h4-7H,2-3H2,1H3. The van der Waals surface area contributed by atoms with Gasteiger partial charge >= 0.3 is 0 Å². The van der Waals surface area contributed by atoms with Crippen molar-refractivity contribution in [1.82, 2.24) is 4.57 Å². The number of rotatable bonds is 0. The van der Waals surface area contributed by atoms with Crippen LogP contribution in [0.4, 0.5) is 0 Å². The summed E-state index contributed by atoms with van der Waals surface area (Å²) in [5, 5.41) is 1.95. The molecular weight excluding hydrogens is 150 g/mol. The Hall–Kier alpha value is -1.31. The van der Waals surface area contributed by atoms with Gasteiger partial charge in [0.1, 0.15) is 0 Å². The average molecular weight is 161 g/mol. The molecule has 2 heteroatoms. The van der Waals surface area contributed by atoms with E-state index in [2.05, 4.69) is 6.08 Å². The van der Waals surface area contributed by atoms with E-state index in [0.29, 0.717) is 0 Å². The average Bonchev–Trinajstić information content (AvgIpc) is 2.12. The first-order valence-corrected chi connectivity index (χ1v) is 4.15. The largest absolute Gasteiger partial charge is 0.318 e. The lowest BCUT2D eigenvalue weighted by Gasteiger charge is -2.00. The first-order valence-electron chi connectivity index (χ1n) is 4.15. The van der Waals surface area contributed by atoms with Crippen LogP contribution in [0.3, 0.4) is 0 Å². The van der Waals surface area contributed by atoms with E-state index in [9.17, 15) is 4.79 Å². The summed E-state index contributed by atoms with van der Waals surface area (Å²) in [5.41, 5.74) is 0.114. The lowest BCUT2D eigenvalue weighted by Crippen LogP contribution is -2.44. The van der Waals surface area contributed by atoms with Crippen molar-refractivity contribution in [2.75, 3.05) is 0 Å². The summed E-state index contributed by atoms with van der Waals surface area (Å²) in [6.07, 6.45) is 8.01. The third kappa shape index (κ3) is 0.998. The van der Waals surface area contributed by atoms with Crippen LogP contribution in [0.15, 0.2) is 17.1 Å². The molecule has 1 aromatic rings. The maximum atomic E-state index is 11.5. The van der Waals surface area contributed by atoms with Crippen LogP contribution in [0.5, 0.6) is 0 Å². The second-order valence-corrected chi connectivity index (χ2v) is 3.09. The summed E-state index contributed by atoms with van der Waals surface area (Å²) < 4.78 is 1.62. The van der Waals surface area contributed by atoms with Crippen LogP contribution < -0.4 is 16.0 Å². The zero-order valence-electron chi connectivity index (χ0n) is 7.08. The summed E-state index contributed by atoms with van der Waals surface area (Å²) in [7, 11) is 1.78. The van der Waals surface area contributed by atoms with Crippen molar-refractivity contribution < 1.29 is 0 Å². The van der Waals surface area contributed by atoms with Crippen LogP contribution in [0.1, 0.15) is 12.8 Å². The normalized spacial score (nSPS) is 14.4. The highest BCUT2D eigenvalue weighted by molar-refractivity contribution is 5.36. The zero-order chi connectivity index (χ0) is 8.55. The van der Waals surface area contributed by atoms with E-state index in [1.165, 1.54) is 0 Å². The molecule has 0 bridgehead atoms. The van der Waals surface area contributed by atoms with Crippen LogP contribution >= 0.6 is 0 Å². The molecule has 0 N–H and O–H groups in total. The molecule has 0 saturated heterocycles. The summed E-state index contributed by atoms with van der Waals surface area (Å²) in [4.78, 5) is 11.5. The molecule has 0 aliphatic heterocycles. The van der Waals surface area contributed by atoms with Crippen molar-refractivity contribution in [2.24, 2.45) is 7.05 Å². The second kappa shape index (κ2) is 2.63. The molecule has 12 heavy (non-hydrogen) atoms. The van der Waals surface area contributed by atoms with Gasteiger partial charge in [-0.1, -0.05) is 12.2 Å². The molecule has 0 saturated carbocycles. The van der Waals surface area contributed by atoms with Gasteiger partial charge in [0.05, 0.1) is 0 Å². The van der Waals surface area contributed by atoms with E-state index in [1.807, 2.05) is 18.3 Å². The first kappa shape index (κ1) is 7.35. The highest BCUT2D eigenvalue weighted by Crippen LogP contribution is 1.92. The van der Waals surface area contributed by atoms with Crippen molar-refractivity contribution in [3.8, 4) is 0 Å². The van der Waals surface area contributed by atoms with E-state index < -0.39 is 0 Å². The van der Waals surface area contributed by atoms with E-state index in [4.69, 9.17) is 0 Å². The Morgan fingerprint density at radius 3 is 2.92 bits per heavy atom. The maximum absolute atomic E-state index is 11.5. The number of pyridine rings is 1. The first-order chi connectivity index (χ1) is 5.79. The highest BCUT2D eigenvalue weighted by atomic mass is 16.1. The Kier molecular flexibility index (Phi) is 1.61. The van der Waals surface area contributed by atoms with E-state index in [-0.39, 0.29) is 5.56 Å². The monoisotopic (exact) mass is 161 g/mol. The molecular formula is C10H11NO. The van der Waals surface area contributed by atoms with Gasteiger partial charge in [-0.25, -0.2) is 0 Å². The summed E-state index contributed by atoms with van der Waals surface area (Å²) in [5.74, 6) is 0. The summed E-state index contributed by atoms with van der Waals surface area (Å²) in [6.45, 7) is 0. The smallest absolute Gasteiger partial charge is 0.257 e. The number of nitrogens with zero attached hydrogens (tertiary/aromatic N) is 1. The third-order valence-electron chi connectivity index (χ3n) is 2.22. The van der Waals surface area contributed by atoms with Gasteiger partial charge in [-0.15, -0.1) is 0 Å². The van der Waals surface area contributed by atoms with Crippen molar-refractivity contribution in [3.05, 3.63) is 33.1 Å². The topological polar surface area (TPSA) is 22.0 Å². The van der Waals surface area contributed by atoms with Gasteiger partial charge in [0.25, 0.3) is 5.56 Å². The van der Waals surface area contributed by atoms with E-state index in [0.717, 1.165) is 23.3 Å². The minimum atomic E-state index is 0.114. The Bertz CT molecular complexity index is 468. The Labute approximate surface area is 70.5 Å². The van der Waals surface area contributed by atoms with Crippen molar-refractivity contribution in [2.45, 2.75) is 12.8 Å². The fourth-order valence-electron chi connectivity index (χ4n) is 1.51. The number of aromatic nitrogens is 1. The van der Waals surface area contributed by atoms with E-state index in [1.54, 1.807) is 11.6 Å². The fraction of sp³-hybridized carbons (Fsp3) is 0.300. The molecule has 1 aliphatic carbocycles. The van der Waals surface area contributed by atoms with Crippen molar-refractivity contribution in [3.63, 3.8) is 0 Å². The Balaban J connectivity index is 2.99. The Morgan fingerprint density at radius 1 is 1.33 bits per heavy atom. The van der Waals surface area contributed by atoms with Gasteiger partial charge in [0.15, 0.2) is 0 Å². The molecule has 0 aromatic carbocycles. The molecule has 1 aromatic heterocycles. The van der Waals surface area contributed by atoms with Gasteiger partial charge in [0.2, 0.25) is 0 Å². The lowest BCUT2D eigenvalue weighted by atomic mass is 10.1. The zero-order valence-corrected chi connectivity index (χ0v) is 7.08. The number of hydrogen-bond donors (Lipinski definition) is 0. The maximum Gasteiger partial charge on any atom is 0.257 e. The Morgan fingerprint density at radius 2 is 2.08 bits per heavy atom. The van der Waals surface area contributed by atoms with Gasteiger partial charge in [-0.05, 0) is 24.1 Å². The molecule has 1 heterocycles. The number of hydrogen-bond acceptors (Lipinski definition) is 1. The SMILES string of the molecule is Cn1ccc2c(c1=O)=CCCC=2. The predicted octanol–water partition coefficient (Wildman–Crippen LogP) is -0.260. The number of aryl methyl sites for hydroxylation is 1. The summed E-state index contributed by atoms with van der Waals surface area (Å²) >= 11 is 0. The van der Waals surface area contributed by atoms with E-state index >= 15 is 0 Å². The molecule has 2 nitrogen and oxygen atoms in total. The van der Waals surface area contributed by atoms with Crippen LogP contribution in [-0.4, -0.2) is 4.57 Å². The van der Waals surface area contributed by atoms with Crippen LogP contribution in [0.2, 0.25) is 0 Å². The molecule has 0 spiro atoms. The van der Waals surface area contributed by atoms with Crippen LogP contribution in [0, 0.1) is 0 Å².